The molecule has 8 heteroatoms. The number of benzene rings is 1. The first kappa shape index (κ1) is 20.4. The zero-order chi connectivity index (χ0) is 22.5. The molecule has 2 saturated heterocycles. The Kier molecular flexibility index (Phi) is 4.92. The Labute approximate surface area is 190 Å². The fourth-order valence-electron chi connectivity index (χ4n) is 5.52. The van der Waals surface area contributed by atoms with Crippen LogP contribution < -0.4 is 5.56 Å². The van der Waals surface area contributed by atoms with Gasteiger partial charge in [0.25, 0.3) is 0 Å². The first-order valence-electron chi connectivity index (χ1n) is 11.5. The number of piperazine rings is 1. The molecule has 0 bridgehead atoms. The van der Waals surface area contributed by atoms with Crippen LogP contribution in [0.2, 0.25) is 0 Å². The van der Waals surface area contributed by atoms with Crippen LogP contribution >= 0.6 is 0 Å². The molecular weight excluding hydrogens is 421 g/mol. The summed E-state index contributed by atoms with van der Waals surface area (Å²) in [7, 11) is 0. The molecule has 3 aromatic heterocycles. The lowest BCUT2D eigenvalue weighted by Gasteiger charge is -2.37. The van der Waals surface area contributed by atoms with Crippen molar-refractivity contribution in [2.75, 3.05) is 26.2 Å². The zero-order valence-corrected chi connectivity index (χ0v) is 18.3. The Morgan fingerprint density at radius 2 is 1.94 bits per heavy atom. The van der Waals surface area contributed by atoms with E-state index in [0.717, 1.165) is 53.6 Å². The number of halogens is 1. The first-order chi connectivity index (χ1) is 16.1. The van der Waals surface area contributed by atoms with E-state index >= 15 is 0 Å². The number of nitrogens with zero attached hydrogens (tertiary/aromatic N) is 5. The molecule has 6 rings (SSSR count). The van der Waals surface area contributed by atoms with E-state index < -0.39 is 5.56 Å². The quantitative estimate of drug-likeness (QED) is 0.487. The largest absolute Gasteiger partial charge is 0.425 e. The minimum absolute atomic E-state index is 0.254. The second kappa shape index (κ2) is 7.97. The van der Waals surface area contributed by atoms with Crippen molar-refractivity contribution in [3.05, 3.63) is 76.2 Å². The SMILES string of the molecule is O=c1c2ncc3c(c(CN4CCN5CCCC5C4)cn3Cc3ccc(F)cc3)c2ccn1O. The third-order valence-corrected chi connectivity index (χ3v) is 7.16. The van der Waals surface area contributed by atoms with Gasteiger partial charge in [-0.2, -0.15) is 4.73 Å². The minimum Gasteiger partial charge on any atom is -0.425 e. The summed E-state index contributed by atoms with van der Waals surface area (Å²) in [6.45, 7) is 5.75. The van der Waals surface area contributed by atoms with Gasteiger partial charge in [0.2, 0.25) is 0 Å². The molecule has 1 unspecified atom stereocenters. The fourth-order valence-corrected chi connectivity index (χ4v) is 5.52. The van der Waals surface area contributed by atoms with Gasteiger partial charge in [-0.15, -0.1) is 0 Å². The van der Waals surface area contributed by atoms with Gasteiger partial charge in [0.15, 0.2) is 0 Å². The van der Waals surface area contributed by atoms with Crippen LogP contribution in [0.25, 0.3) is 21.8 Å². The van der Waals surface area contributed by atoms with Crippen molar-refractivity contribution < 1.29 is 9.60 Å². The lowest BCUT2D eigenvalue weighted by molar-refractivity contribution is 0.0996. The fraction of sp³-hybridized carbons (Fsp3) is 0.360. The second-order valence-electron chi connectivity index (χ2n) is 9.22. The van der Waals surface area contributed by atoms with Crippen LogP contribution in [0.1, 0.15) is 24.0 Å². The van der Waals surface area contributed by atoms with Crippen LogP contribution in [-0.4, -0.2) is 61.5 Å². The summed E-state index contributed by atoms with van der Waals surface area (Å²) < 4.78 is 16.1. The van der Waals surface area contributed by atoms with Crippen LogP contribution in [0.3, 0.4) is 0 Å². The predicted molar refractivity (Wildman–Crippen MR) is 124 cm³/mol. The van der Waals surface area contributed by atoms with Crippen molar-refractivity contribution >= 4 is 21.8 Å². The van der Waals surface area contributed by atoms with Gasteiger partial charge in [-0.1, -0.05) is 12.1 Å². The molecule has 1 N–H and O–H groups in total. The third kappa shape index (κ3) is 3.59. The highest BCUT2D eigenvalue weighted by molar-refractivity contribution is 6.06. The number of fused-ring (bicyclic) bond motifs is 4. The smallest absolute Gasteiger partial charge is 0.309 e. The van der Waals surface area contributed by atoms with Gasteiger partial charge in [-0.3, -0.25) is 14.6 Å². The van der Waals surface area contributed by atoms with Crippen molar-refractivity contribution in [2.24, 2.45) is 0 Å². The van der Waals surface area contributed by atoms with Gasteiger partial charge in [0.1, 0.15) is 11.3 Å². The lowest BCUT2D eigenvalue weighted by atomic mass is 10.1. The topological polar surface area (TPSA) is 66.5 Å². The maximum absolute atomic E-state index is 13.4. The number of hydrogen-bond acceptors (Lipinski definition) is 5. The molecule has 1 aromatic carbocycles. The van der Waals surface area contributed by atoms with Gasteiger partial charge in [-0.25, -0.2) is 9.37 Å². The Hall–Kier alpha value is -3.23. The van der Waals surface area contributed by atoms with Gasteiger partial charge in [-0.05, 0) is 48.7 Å². The van der Waals surface area contributed by atoms with Crippen LogP contribution in [-0.2, 0) is 13.1 Å². The summed E-state index contributed by atoms with van der Waals surface area (Å²) in [5, 5.41) is 11.6. The van der Waals surface area contributed by atoms with Crippen LogP contribution in [0.4, 0.5) is 4.39 Å². The van der Waals surface area contributed by atoms with Gasteiger partial charge in [0, 0.05) is 61.9 Å². The second-order valence-corrected chi connectivity index (χ2v) is 9.22. The molecular formula is C25H26FN5O2. The highest BCUT2D eigenvalue weighted by atomic mass is 19.1. The van der Waals surface area contributed by atoms with E-state index in [1.54, 1.807) is 24.4 Å². The van der Waals surface area contributed by atoms with E-state index in [0.29, 0.717) is 17.3 Å². The summed E-state index contributed by atoms with van der Waals surface area (Å²) in [4.78, 5) is 22.0. The van der Waals surface area contributed by atoms with Crippen LogP contribution in [0.5, 0.6) is 0 Å². The number of aromatic nitrogens is 3. The molecule has 0 radical (unpaired) electrons. The molecule has 1 atom stereocenters. The molecule has 7 nitrogen and oxygen atoms in total. The number of hydrogen-bond donors (Lipinski definition) is 1. The minimum atomic E-state index is -0.522. The molecule has 5 heterocycles. The van der Waals surface area contributed by atoms with Crippen molar-refractivity contribution in [3.8, 4) is 0 Å². The monoisotopic (exact) mass is 447 g/mol. The lowest BCUT2D eigenvalue weighted by Crippen LogP contribution is -2.49. The highest BCUT2D eigenvalue weighted by Gasteiger charge is 2.31. The van der Waals surface area contributed by atoms with Crippen LogP contribution in [0, 0.1) is 5.82 Å². The summed E-state index contributed by atoms with van der Waals surface area (Å²) in [5.41, 5.74) is 2.79. The van der Waals surface area contributed by atoms with Crippen molar-refractivity contribution in [1.82, 2.24) is 24.1 Å². The molecule has 2 fully saturated rings. The van der Waals surface area contributed by atoms with E-state index in [1.807, 2.05) is 0 Å². The Morgan fingerprint density at radius 1 is 1.09 bits per heavy atom. The van der Waals surface area contributed by atoms with Crippen LogP contribution in [0.15, 0.2) is 53.7 Å². The molecule has 2 aliphatic rings. The third-order valence-electron chi connectivity index (χ3n) is 7.16. The Bertz CT molecular complexity index is 1390. The standard InChI is InChI=1S/C25H26FN5O2/c26-19-5-3-17(4-6-19)13-30-15-18(14-28-10-11-29-8-1-2-20(29)16-28)23-21-7-9-31(33)25(32)24(21)27-12-22(23)30/h3-7,9,12,15,20,33H,1-2,8,10-11,13-14,16H2. The van der Waals surface area contributed by atoms with Crippen molar-refractivity contribution in [3.63, 3.8) is 0 Å². The Morgan fingerprint density at radius 3 is 2.79 bits per heavy atom. The summed E-state index contributed by atoms with van der Waals surface area (Å²) >= 11 is 0. The summed E-state index contributed by atoms with van der Waals surface area (Å²) in [5.74, 6) is -0.254. The molecule has 0 spiro atoms. The molecule has 0 aliphatic carbocycles. The van der Waals surface area contributed by atoms with Gasteiger partial charge < -0.3 is 9.77 Å². The summed E-state index contributed by atoms with van der Waals surface area (Å²) in [6, 6.07) is 8.91. The number of pyridine rings is 2. The van der Waals surface area contributed by atoms with E-state index in [1.165, 1.54) is 37.7 Å². The van der Waals surface area contributed by atoms with E-state index in [2.05, 4.69) is 25.5 Å². The van der Waals surface area contributed by atoms with Gasteiger partial charge >= 0.3 is 5.56 Å². The Balaban J connectivity index is 1.44. The molecule has 4 aromatic rings. The normalized spacial score (nSPS) is 19.5. The van der Waals surface area contributed by atoms with Gasteiger partial charge in [0.05, 0.1) is 11.7 Å². The van der Waals surface area contributed by atoms with E-state index in [-0.39, 0.29) is 11.3 Å². The highest BCUT2D eigenvalue weighted by Crippen LogP contribution is 2.30. The average Bonchev–Trinajstić information content (AvgIpc) is 3.42. The zero-order valence-electron chi connectivity index (χ0n) is 18.3. The maximum Gasteiger partial charge on any atom is 0.309 e. The molecule has 0 amide bonds. The van der Waals surface area contributed by atoms with E-state index in [9.17, 15) is 14.4 Å². The van der Waals surface area contributed by atoms with E-state index in [4.69, 9.17) is 0 Å². The van der Waals surface area contributed by atoms with Crippen molar-refractivity contribution in [2.45, 2.75) is 32.0 Å². The molecule has 0 saturated carbocycles. The number of rotatable bonds is 4. The first-order valence-corrected chi connectivity index (χ1v) is 11.5. The predicted octanol–water partition coefficient (Wildman–Crippen LogP) is 3.06. The van der Waals surface area contributed by atoms with Crippen molar-refractivity contribution in [1.29, 1.82) is 0 Å². The summed E-state index contributed by atoms with van der Waals surface area (Å²) in [6.07, 6.45) is 7.76. The molecule has 170 valence electrons. The molecule has 33 heavy (non-hydrogen) atoms. The maximum atomic E-state index is 13.4. The average molecular weight is 448 g/mol. The molecule has 2 aliphatic heterocycles.